The predicted octanol–water partition coefficient (Wildman–Crippen LogP) is 3.18. The lowest BCUT2D eigenvalue weighted by Crippen LogP contribution is -2.23. The third-order valence-electron chi connectivity index (χ3n) is 4.00. The van der Waals surface area contributed by atoms with Crippen LogP contribution in [-0.4, -0.2) is 16.9 Å². The maximum atomic E-state index is 12.2. The predicted molar refractivity (Wildman–Crippen MR) is 86.2 cm³/mol. The Morgan fingerprint density at radius 2 is 2.19 bits per heavy atom. The van der Waals surface area contributed by atoms with Gasteiger partial charge in [0.1, 0.15) is 0 Å². The zero-order valence-corrected chi connectivity index (χ0v) is 12.8. The van der Waals surface area contributed by atoms with Gasteiger partial charge in [0.15, 0.2) is 5.13 Å². The highest BCUT2D eigenvalue weighted by Gasteiger charge is 2.28. The van der Waals surface area contributed by atoms with E-state index in [1.54, 1.807) is 0 Å². The van der Waals surface area contributed by atoms with Gasteiger partial charge in [-0.25, -0.2) is 4.98 Å². The summed E-state index contributed by atoms with van der Waals surface area (Å²) in [7, 11) is 0. The van der Waals surface area contributed by atoms with Gasteiger partial charge in [-0.15, -0.1) is 11.3 Å². The summed E-state index contributed by atoms with van der Waals surface area (Å²) in [5, 5.41) is 5.58. The number of nitrogens with zero attached hydrogens (tertiary/aromatic N) is 1. The number of amides is 1. The van der Waals surface area contributed by atoms with Crippen LogP contribution in [0, 0.1) is 12.8 Å². The summed E-state index contributed by atoms with van der Waals surface area (Å²) in [4.78, 5) is 16.7. The van der Waals surface area contributed by atoms with Crippen LogP contribution in [0.4, 0.5) is 5.13 Å². The Kier molecular flexibility index (Phi) is 4.03. The summed E-state index contributed by atoms with van der Waals surface area (Å²) >= 11 is 1.47. The van der Waals surface area contributed by atoms with E-state index in [0.29, 0.717) is 5.13 Å². The maximum Gasteiger partial charge on any atom is 0.229 e. The number of nitrogens with two attached hydrogens (primary N) is 1. The molecular weight excluding hydrogens is 282 g/mol. The Morgan fingerprint density at radius 3 is 2.90 bits per heavy atom. The van der Waals surface area contributed by atoms with E-state index in [-0.39, 0.29) is 17.9 Å². The monoisotopic (exact) mass is 301 g/mol. The molecule has 1 aliphatic rings. The van der Waals surface area contributed by atoms with Gasteiger partial charge in [0, 0.05) is 22.9 Å². The average molecular weight is 301 g/mol. The number of nitrogens with one attached hydrogen (secondary N) is 1. The molecule has 21 heavy (non-hydrogen) atoms. The van der Waals surface area contributed by atoms with Gasteiger partial charge in [0.25, 0.3) is 0 Å². The number of aromatic nitrogens is 1. The van der Waals surface area contributed by atoms with Crippen molar-refractivity contribution in [3.63, 3.8) is 0 Å². The molecule has 1 heterocycles. The zero-order chi connectivity index (χ0) is 14.8. The van der Waals surface area contributed by atoms with E-state index < -0.39 is 0 Å². The summed E-state index contributed by atoms with van der Waals surface area (Å²) in [5.41, 5.74) is 9.06. The minimum atomic E-state index is 0.0332. The van der Waals surface area contributed by atoms with Crippen molar-refractivity contribution in [3.05, 3.63) is 35.2 Å². The van der Waals surface area contributed by atoms with Crippen molar-refractivity contribution >= 4 is 22.4 Å². The quantitative estimate of drug-likeness (QED) is 0.915. The number of carbonyl (C=O) groups excluding carboxylic acids is 1. The van der Waals surface area contributed by atoms with E-state index in [2.05, 4.69) is 23.3 Å². The SMILES string of the molecule is Cc1ccccc1-c1csc(NC(=O)C2CCC(N)C2)n1. The summed E-state index contributed by atoms with van der Waals surface area (Å²) in [6, 6.07) is 8.29. The third kappa shape index (κ3) is 3.14. The van der Waals surface area contributed by atoms with E-state index in [9.17, 15) is 4.79 Å². The number of hydrogen-bond acceptors (Lipinski definition) is 4. The van der Waals surface area contributed by atoms with E-state index in [4.69, 9.17) is 5.73 Å². The number of anilines is 1. The first kappa shape index (κ1) is 14.2. The molecule has 4 nitrogen and oxygen atoms in total. The first-order valence-electron chi connectivity index (χ1n) is 7.21. The highest BCUT2D eigenvalue weighted by molar-refractivity contribution is 7.14. The molecule has 2 aromatic rings. The highest BCUT2D eigenvalue weighted by atomic mass is 32.1. The lowest BCUT2D eigenvalue weighted by Gasteiger charge is -2.08. The molecule has 1 aliphatic carbocycles. The van der Waals surface area contributed by atoms with Crippen LogP contribution in [-0.2, 0) is 4.79 Å². The van der Waals surface area contributed by atoms with Crippen LogP contribution in [0.25, 0.3) is 11.3 Å². The number of carbonyl (C=O) groups is 1. The molecule has 0 saturated heterocycles. The maximum absolute atomic E-state index is 12.2. The largest absolute Gasteiger partial charge is 0.328 e. The van der Waals surface area contributed by atoms with Crippen molar-refractivity contribution in [2.24, 2.45) is 11.7 Å². The van der Waals surface area contributed by atoms with Gasteiger partial charge in [-0.3, -0.25) is 4.79 Å². The van der Waals surface area contributed by atoms with Crippen molar-refractivity contribution in [3.8, 4) is 11.3 Å². The first-order valence-corrected chi connectivity index (χ1v) is 8.09. The van der Waals surface area contributed by atoms with Gasteiger partial charge in [0.2, 0.25) is 5.91 Å². The lowest BCUT2D eigenvalue weighted by atomic mass is 10.1. The Morgan fingerprint density at radius 1 is 1.38 bits per heavy atom. The molecule has 5 heteroatoms. The van der Waals surface area contributed by atoms with Crippen LogP contribution in [0.15, 0.2) is 29.6 Å². The van der Waals surface area contributed by atoms with E-state index in [0.717, 1.165) is 30.5 Å². The van der Waals surface area contributed by atoms with Gasteiger partial charge in [-0.05, 0) is 31.7 Å². The smallest absolute Gasteiger partial charge is 0.229 e. The zero-order valence-electron chi connectivity index (χ0n) is 12.0. The fourth-order valence-electron chi connectivity index (χ4n) is 2.78. The summed E-state index contributed by atoms with van der Waals surface area (Å²) in [6.45, 7) is 2.06. The van der Waals surface area contributed by atoms with Crippen molar-refractivity contribution in [2.45, 2.75) is 32.2 Å². The van der Waals surface area contributed by atoms with Gasteiger partial charge >= 0.3 is 0 Å². The van der Waals surface area contributed by atoms with Crippen molar-refractivity contribution in [1.82, 2.24) is 4.98 Å². The number of hydrogen-bond donors (Lipinski definition) is 2. The highest BCUT2D eigenvalue weighted by Crippen LogP contribution is 2.29. The normalized spacial score (nSPS) is 21.4. The van der Waals surface area contributed by atoms with Gasteiger partial charge in [0.05, 0.1) is 5.69 Å². The number of benzene rings is 1. The van der Waals surface area contributed by atoms with Crippen LogP contribution in [0.2, 0.25) is 0 Å². The summed E-state index contributed by atoms with van der Waals surface area (Å²) in [6.07, 6.45) is 2.59. The molecule has 3 N–H and O–H groups in total. The average Bonchev–Trinajstić information content (AvgIpc) is 3.08. The lowest BCUT2D eigenvalue weighted by molar-refractivity contribution is -0.119. The molecule has 2 unspecified atom stereocenters. The second-order valence-electron chi connectivity index (χ2n) is 5.61. The van der Waals surface area contributed by atoms with Crippen molar-refractivity contribution in [2.75, 3.05) is 5.32 Å². The number of rotatable bonds is 3. The second-order valence-corrected chi connectivity index (χ2v) is 6.47. The minimum Gasteiger partial charge on any atom is -0.328 e. The molecule has 0 radical (unpaired) electrons. The van der Waals surface area contributed by atoms with Crippen LogP contribution in [0.1, 0.15) is 24.8 Å². The molecule has 1 aromatic carbocycles. The van der Waals surface area contributed by atoms with Gasteiger partial charge < -0.3 is 11.1 Å². The molecular formula is C16H19N3OS. The molecule has 1 amide bonds. The molecule has 0 spiro atoms. The van der Waals surface area contributed by atoms with Gasteiger partial charge in [-0.2, -0.15) is 0 Å². The molecule has 1 aromatic heterocycles. The molecule has 1 saturated carbocycles. The number of aryl methyl sites for hydroxylation is 1. The molecule has 1 fully saturated rings. The molecule has 0 bridgehead atoms. The van der Waals surface area contributed by atoms with E-state index >= 15 is 0 Å². The van der Waals surface area contributed by atoms with E-state index in [1.807, 2.05) is 23.6 Å². The fraction of sp³-hybridized carbons (Fsp3) is 0.375. The molecule has 2 atom stereocenters. The molecule has 110 valence electrons. The summed E-state index contributed by atoms with van der Waals surface area (Å²) < 4.78 is 0. The Bertz CT molecular complexity index is 652. The third-order valence-corrected chi connectivity index (χ3v) is 4.76. The standard InChI is InChI=1S/C16H19N3OS/c1-10-4-2-3-5-13(10)14-9-21-16(18-14)19-15(20)11-6-7-12(17)8-11/h2-5,9,11-12H,6-8,17H2,1H3,(H,18,19,20). The second kappa shape index (κ2) is 5.95. The van der Waals surface area contributed by atoms with E-state index in [1.165, 1.54) is 16.9 Å². The molecule has 3 rings (SSSR count). The van der Waals surface area contributed by atoms with Crippen LogP contribution in [0.3, 0.4) is 0 Å². The van der Waals surface area contributed by atoms with Crippen LogP contribution < -0.4 is 11.1 Å². The van der Waals surface area contributed by atoms with Crippen LogP contribution in [0.5, 0.6) is 0 Å². The number of thiazole rings is 1. The Hall–Kier alpha value is -1.72. The fourth-order valence-corrected chi connectivity index (χ4v) is 3.49. The van der Waals surface area contributed by atoms with Gasteiger partial charge in [-0.1, -0.05) is 24.3 Å². The first-order chi connectivity index (χ1) is 10.1. The summed E-state index contributed by atoms with van der Waals surface area (Å²) in [5.74, 6) is 0.0828. The van der Waals surface area contributed by atoms with Crippen LogP contribution >= 0.6 is 11.3 Å². The molecule has 0 aliphatic heterocycles. The Balaban J connectivity index is 1.71. The topological polar surface area (TPSA) is 68.0 Å². The van der Waals surface area contributed by atoms with Crippen molar-refractivity contribution < 1.29 is 4.79 Å². The minimum absolute atomic E-state index is 0.0332. The Labute approximate surface area is 128 Å². The van der Waals surface area contributed by atoms with Crippen molar-refractivity contribution in [1.29, 1.82) is 0 Å².